The van der Waals surface area contributed by atoms with Crippen LogP contribution in [0.15, 0.2) is 18.2 Å². The first-order valence-corrected chi connectivity index (χ1v) is 6.81. The monoisotopic (exact) mass is 276 g/mol. The van der Waals surface area contributed by atoms with Gasteiger partial charge in [-0.15, -0.1) is 11.6 Å². The number of halogens is 3. The van der Waals surface area contributed by atoms with Gasteiger partial charge in [0, 0.05) is 0 Å². The predicted octanol–water partition coefficient (Wildman–Crippen LogP) is 5.85. The molecule has 3 heteroatoms. The number of rotatable bonds is 2. The molecule has 0 amide bonds. The zero-order valence-corrected chi connectivity index (χ0v) is 11.5. The van der Waals surface area contributed by atoms with Crippen LogP contribution in [-0.2, 0) is 0 Å². The summed E-state index contributed by atoms with van der Waals surface area (Å²) in [5, 5.41) is 1.21. The van der Waals surface area contributed by atoms with Crippen LogP contribution in [0.25, 0.3) is 0 Å². The van der Waals surface area contributed by atoms with Crippen molar-refractivity contribution in [3.05, 3.63) is 33.8 Å². The van der Waals surface area contributed by atoms with Crippen molar-refractivity contribution in [2.24, 2.45) is 5.41 Å². The molecule has 88 valence electrons. The highest BCUT2D eigenvalue weighted by Crippen LogP contribution is 2.50. The smallest absolute Gasteiger partial charge is 0.0639 e. The van der Waals surface area contributed by atoms with Gasteiger partial charge in [-0.25, -0.2) is 0 Å². The first-order valence-electron chi connectivity index (χ1n) is 5.62. The van der Waals surface area contributed by atoms with Crippen molar-refractivity contribution >= 4 is 34.8 Å². The minimum atomic E-state index is 0.0322. The second-order valence-corrected chi connectivity index (χ2v) is 6.15. The highest BCUT2D eigenvalue weighted by molar-refractivity contribution is 6.42. The number of hydrogen-bond donors (Lipinski definition) is 0. The third-order valence-corrected chi connectivity index (χ3v) is 5.11. The van der Waals surface area contributed by atoms with E-state index < -0.39 is 0 Å². The molecule has 1 aliphatic carbocycles. The molecule has 0 N–H and O–H groups in total. The van der Waals surface area contributed by atoms with E-state index in [4.69, 9.17) is 34.8 Å². The molecule has 0 aliphatic heterocycles. The average molecular weight is 278 g/mol. The minimum absolute atomic E-state index is 0.0322. The molecule has 16 heavy (non-hydrogen) atoms. The molecule has 0 nitrogen and oxygen atoms in total. The highest BCUT2D eigenvalue weighted by atomic mass is 35.5. The van der Waals surface area contributed by atoms with Crippen molar-refractivity contribution in [1.29, 1.82) is 0 Å². The molecule has 1 aromatic rings. The lowest BCUT2D eigenvalue weighted by Crippen LogP contribution is -2.17. The van der Waals surface area contributed by atoms with Crippen LogP contribution < -0.4 is 0 Å². The SMILES string of the molecule is CC1(C(Cl)c2ccc(Cl)c(Cl)c2)CCCC1. The van der Waals surface area contributed by atoms with E-state index in [0.29, 0.717) is 10.0 Å². The number of benzene rings is 1. The van der Waals surface area contributed by atoms with Gasteiger partial charge in [-0.1, -0.05) is 49.0 Å². The molecule has 0 aromatic heterocycles. The van der Waals surface area contributed by atoms with Crippen LogP contribution in [0.5, 0.6) is 0 Å². The Morgan fingerprint density at radius 3 is 2.31 bits per heavy atom. The number of hydrogen-bond acceptors (Lipinski definition) is 0. The second-order valence-electron chi connectivity index (χ2n) is 4.90. The standard InChI is InChI=1S/C13H15Cl3/c1-13(6-2-3-7-13)12(16)9-4-5-10(14)11(15)8-9/h4-5,8,12H,2-3,6-7H2,1H3. The van der Waals surface area contributed by atoms with Crippen LogP contribution in [0, 0.1) is 5.41 Å². The minimum Gasteiger partial charge on any atom is -0.117 e. The topological polar surface area (TPSA) is 0 Å². The maximum absolute atomic E-state index is 6.58. The second kappa shape index (κ2) is 4.76. The molecule has 0 saturated heterocycles. The van der Waals surface area contributed by atoms with Gasteiger partial charge >= 0.3 is 0 Å². The molecular weight excluding hydrogens is 263 g/mol. The summed E-state index contributed by atoms with van der Waals surface area (Å²) in [6, 6.07) is 5.70. The Bertz CT molecular complexity index is 381. The largest absolute Gasteiger partial charge is 0.117 e. The highest BCUT2D eigenvalue weighted by Gasteiger charge is 2.36. The summed E-state index contributed by atoms with van der Waals surface area (Å²) in [6.07, 6.45) is 4.95. The van der Waals surface area contributed by atoms with E-state index in [0.717, 1.165) is 5.56 Å². The number of alkyl halides is 1. The molecule has 1 saturated carbocycles. The van der Waals surface area contributed by atoms with E-state index in [9.17, 15) is 0 Å². The Balaban J connectivity index is 2.26. The fourth-order valence-electron chi connectivity index (χ4n) is 2.51. The van der Waals surface area contributed by atoms with Crippen LogP contribution in [0.4, 0.5) is 0 Å². The lowest BCUT2D eigenvalue weighted by atomic mass is 9.81. The first-order chi connectivity index (χ1) is 7.53. The third kappa shape index (κ3) is 2.34. The summed E-state index contributed by atoms with van der Waals surface area (Å²) >= 11 is 18.5. The fraction of sp³-hybridized carbons (Fsp3) is 0.538. The molecule has 1 aliphatic rings. The third-order valence-electron chi connectivity index (χ3n) is 3.59. The maximum Gasteiger partial charge on any atom is 0.0639 e. The van der Waals surface area contributed by atoms with Crippen LogP contribution in [0.1, 0.15) is 43.5 Å². The van der Waals surface area contributed by atoms with Crippen molar-refractivity contribution in [3.8, 4) is 0 Å². The molecule has 1 unspecified atom stereocenters. The van der Waals surface area contributed by atoms with Gasteiger partial charge in [0.1, 0.15) is 0 Å². The van der Waals surface area contributed by atoms with E-state index in [1.54, 1.807) is 0 Å². The van der Waals surface area contributed by atoms with Gasteiger partial charge in [-0.2, -0.15) is 0 Å². The zero-order valence-electron chi connectivity index (χ0n) is 9.27. The summed E-state index contributed by atoms with van der Waals surface area (Å²) in [5.41, 5.74) is 1.29. The van der Waals surface area contributed by atoms with Crippen molar-refractivity contribution in [1.82, 2.24) is 0 Å². The Morgan fingerprint density at radius 2 is 1.75 bits per heavy atom. The molecule has 0 bridgehead atoms. The Labute approximate surface area is 112 Å². The summed E-state index contributed by atoms with van der Waals surface area (Å²) in [6.45, 7) is 2.26. The van der Waals surface area contributed by atoms with E-state index in [2.05, 4.69) is 6.92 Å². The maximum atomic E-state index is 6.58. The zero-order chi connectivity index (χ0) is 11.8. The molecule has 2 rings (SSSR count). The van der Waals surface area contributed by atoms with Crippen LogP contribution in [0.2, 0.25) is 10.0 Å². The predicted molar refractivity (Wildman–Crippen MR) is 71.6 cm³/mol. The van der Waals surface area contributed by atoms with E-state index in [1.165, 1.54) is 25.7 Å². The Morgan fingerprint density at radius 1 is 1.12 bits per heavy atom. The molecule has 1 aromatic carbocycles. The van der Waals surface area contributed by atoms with E-state index in [-0.39, 0.29) is 10.8 Å². The summed E-state index contributed by atoms with van der Waals surface area (Å²) in [7, 11) is 0. The lowest BCUT2D eigenvalue weighted by molar-refractivity contribution is 0.322. The summed E-state index contributed by atoms with van der Waals surface area (Å²) in [5.74, 6) is 0. The molecule has 1 fully saturated rings. The van der Waals surface area contributed by atoms with Crippen molar-refractivity contribution < 1.29 is 0 Å². The van der Waals surface area contributed by atoms with Crippen LogP contribution >= 0.6 is 34.8 Å². The van der Waals surface area contributed by atoms with Gasteiger partial charge in [-0.05, 0) is 36.0 Å². The molecule has 0 spiro atoms. The van der Waals surface area contributed by atoms with Gasteiger partial charge in [-0.3, -0.25) is 0 Å². The fourth-order valence-corrected chi connectivity index (χ4v) is 3.17. The van der Waals surface area contributed by atoms with Crippen molar-refractivity contribution in [2.75, 3.05) is 0 Å². The molecule has 1 atom stereocenters. The Hall–Kier alpha value is 0.0900. The quantitative estimate of drug-likeness (QED) is 0.595. The van der Waals surface area contributed by atoms with Crippen LogP contribution in [-0.4, -0.2) is 0 Å². The molecule has 0 radical (unpaired) electrons. The Kier molecular flexibility index (Phi) is 3.73. The van der Waals surface area contributed by atoms with Gasteiger partial charge in [0.25, 0.3) is 0 Å². The van der Waals surface area contributed by atoms with Gasteiger partial charge in [0.15, 0.2) is 0 Å². The van der Waals surface area contributed by atoms with Crippen LogP contribution in [0.3, 0.4) is 0 Å². The van der Waals surface area contributed by atoms with Gasteiger partial charge < -0.3 is 0 Å². The van der Waals surface area contributed by atoms with Gasteiger partial charge in [0.2, 0.25) is 0 Å². The average Bonchev–Trinajstić information content (AvgIpc) is 2.70. The lowest BCUT2D eigenvalue weighted by Gasteiger charge is -2.29. The summed E-state index contributed by atoms with van der Waals surface area (Å²) in [4.78, 5) is 0. The summed E-state index contributed by atoms with van der Waals surface area (Å²) < 4.78 is 0. The van der Waals surface area contributed by atoms with E-state index >= 15 is 0 Å². The van der Waals surface area contributed by atoms with Crippen molar-refractivity contribution in [2.45, 2.75) is 38.0 Å². The first kappa shape index (κ1) is 12.5. The normalized spacial score (nSPS) is 21.0. The molecular formula is C13H15Cl3. The van der Waals surface area contributed by atoms with E-state index in [1.807, 2.05) is 18.2 Å². The van der Waals surface area contributed by atoms with Crippen molar-refractivity contribution in [3.63, 3.8) is 0 Å². The molecule has 0 heterocycles. The van der Waals surface area contributed by atoms with Gasteiger partial charge in [0.05, 0.1) is 15.4 Å².